The first-order valence-electron chi connectivity index (χ1n) is 14.2. The molecule has 1 fully saturated rings. The molecule has 43 heavy (non-hydrogen) atoms. The highest BCUT2D eigenvalue weighted by atomic mass is 19.4. The molecule has 0 unspecified atom stereocenters. The maximum atomic E-state index is 13.6. The van der Waals surface area contributed by atoms with Crippen molar-refractivity contribution >= 4 is 22.7 Å². The van der Waals surface area contributed by atoms with Gasteiger partial charge in [-0.3, -0.25) is 14.5 Å². The van der Waals surface area contributed by atoms with E-state index in [1.807, 2.05) is 43.0 Å². The number of fused-ring (bicyclic) bond motifs is 1. The van der Waals surface area contributed by atoms with Crippen LogP contribution < -0.4 is 5.32 Å². The molecule has 4 rings (SSSR count). The van der Waals surface area contributed by atoms with Gasteiger partial charge in [-0.1, -0.05) is 32.0 Å². The fraction of sp³-hybridized carbons (Fsp3) is 0.467. The largest absolute Gasteiger partial charge is 0.416 e. The Morgan fingerprint density at radius 3 is 2.26 bits per heavy atom. The molecule has 1 aromatic heterocycles. The molecular formula is C30H35F6N5O2. The third-order valence-corrected chi connectivity index (χ3v) is 7.80. The van der Waals surface area contributed by atoms with Gasteiger partial charge in [0.2, 0.25) is 5.91 Å². The summed E-state index contributed by atoms with van der Waals surface area (Å²) in [6, 6.07) is 7.79. The number of carbonyl (C=O) groups is 2. The van der Waals surface area contributed by atoms with Crippen molar-refractivity contribution in [3.63, 3.8) is 0 Å². The number of hydrogen-bond donors (Lipinski definition) is 2. The van der Waals surface area contributed by atoms with Gasteiger partial charge in [-0.15, -0.1) is 0 Å². The van der Waals surface area contributed by atoms with Gasteiger partial charge in [0.05, 0.1) is 17.7 Å². The van der Waals surface area contributed by atoms with E-state index in [0.29, 0.717) is 25.2 Å². The van der Waals surface area contributed by atoms with E-state index in [9.17, 15) is 35.9 Å². The van der Waals surface area contributed by atoms with E-state index >= 15 is 0 Å². The van der Waals surface area contributed by atoms with E-state index in [1.165, 1.54) is 4.90 Å². The molecule has 2 amide bonds. The molecule has 7 nitrogen and oxygen atoms in total. The van der Waals surface area contributed by atoms with Gasteiger partial charge in [-0.2, -0.15) is 26.3 Å². The van der Waals surface area contributed by atoms with Crippen LogP contribution in [-0.4, -0.2) is 89.9 Å². The van der Waals surface area contributed by atoms with E-state index in [2.05, 4.69) is 15.2 Å². The quantitative estimate of drug-likeness (QED) is 0.316. The molecule has 0 spiro atoms. The second kappa shape index (κ2) is 13.4. The zero-order valence-electron chi connectivity index (χ0n) is 24.0. The fourth-order valence-electron chi connectivity index (χ4n) is 5.46. The molecule has 2 N–H and O–H groups in total. The monoisotopic (exact) mass is 611 g/mol. The summed E-state index contributed by atoms with van der Waals surface area (Å²) in [5.41, 5.74) is -2.08. The van der Waals surface area contributed by atoms with E-state index in [0.717, 1.165) is 29.6 Å². The Balaban J connectivity index is 1.58. The first kappa shape index (κ1) is 32.3. The number of benzene rings is 2. The van der Waals surface area contributed by atoms with Crippen molar-refractivity contribution in [2.45, 2.75) is 38.7 Å². The highest BCUT2D eigenvalue weighted by molar-refractivity contribution is 5.95. The minimum Gasteiger partial charge on any atom is -0.361 e. The average molecular weight is 612 g/mol. The van der Waals surface area contributed by atoms with Crippen LogP contribution in [0, 0.1) is 0 Å². The molecule has 1 aliphatic heterocycles. The molecule has 0 aliphatic carbocycles. The fourth-order valence-corrected chi connectivity index (χ4v) is 5.46. The number of piperazine rings is 1. The molecule has 2 aromatic carbocycles. The predicted octanol–water partition coefficient (Wildman–Crippen LogP) is 5.03. The van der Waals surface area contributed by atoms with Crippen LogP contribution in [0.2, 0.25) is 0 Å². The predicted molar refractivity (Wildman–Crippen MR) is 151 cm³/mol. The van der Waals surface area contributed by atoms with Gasteiger partial charge < -0.3 is 20.1 Å². The zero-order chi connectivity index (χ0) is 31.4. The maximum Gasteiger partial charge on any atom is 0.416 e. The van der Waals surface area contributed by atoms with Crippen LogP contribution in [0.1, 0.15) is 40.9 Å². The number of halogens is 6. The van der Waals surface area contributed by atoms with Gasteiger partial charge in [0.15, 0.2) is 0 Å². The van der Waals surface area contributed by atoms with Crippen LogP contribution in [0.15, 0.2) is 48.7 Å². The number of nitrogens with one attached hydrogen (secondary N) is 2. The van der Waals surface area contributed by atoms with Crippen LogP contribution >= 0.6 is 0 Å². The van der Waals surface area contributed by atoms with E-state index in [4.69, 9.17) is 0 Å². The number of nitrogens with zero attached hydrogens (tertiary/aromatic N) is 3. The number of para-hydroxylation sites is 1. The summed E-state index contributed by atoms with van der Waals surface area (Å²) in [5.74, 6) is -1.13. The number of likely N-dealkylation sites (N-methyl/N-ethyl adjacent to an activating group) is 1. The van der Waals surface area contributed by atoms with Gasteiger partial charge in [0, 0.05) is 61.4 Å². The summed E-state index contributed by atoms with van der Waals surface area (Å²) >= 11 is 0. The summed E-state index contributed by atoms with van der Waals surface area (Å²) in [6.45, 7) is 7.44. The normalized spacial score (nSPS) is 16.7. The number of aromatic amines is 1. The van der Waals surface area contributed by atoms with Crippen molar-refractivity contribution in [1.82, 2.24) is 25.0 Å². The Morgan fingerprint density at radius 1 is 0.977 bits per heavy atom. The second-order valence-electron chi connectivity index (χ2n) is 10.6. The Kier molecular flexibility index (Phi) is 10.1. The van der Waals surface area contributed by atoms with Gasteiger partial charge in [0.25, 0.3) is 5.91 Å². The van der Waals surface area contributed by atoms with Gasteiger partial charge in [-0.25, -0.2) is 0 Å². The van der Waals surface area contributed by atoms with Crippen LogP contribution in [-0.2, 0) is 23.6 Å². The van der Waals surface area contributed by atoms with Crippen LogP contribution in [0.3, 0.4) is 0 Å². The summed E-state index contributed by atoms with van der Waals surface area (Å²) in [4.78, 5) is 34.8. The highest BCUT2D eigenvalue weighted by Gasteiger charge is 2.39. The van der Waals surface area contributed by atoms with Gasteiger partial charge in [-0.05, 0) is 49.3 Å². The lowest BCUT2D eigenvalue weighted by molar-refractivity contribution is -0.143. The Bertz CT molecular complexity index is 1380. The standard InChI is InChI=1S/C30H35F6N5O2/c1-3-39(4-2)10-9-37-27(42)19-40-11-12-41(24(18-40)15-21-17-38-26-8-6-5-7-25(21)26)28(43)20-13-22(29(31,32)33)16-23(14-20)30(34,35)36/h5-8,13-14,16-17,24,38H,3-4,9-12,15,18-19H2,1-2H3,(H,37,42)/t24-/m1/s1. The molecule has 0 bridgehead atoms. The van der Waals surface area contributed by atoms with Crippen LogP contribution in [0.4, 0.5) is 26.3 Å². The molecule has 234 valence electrons. The van der Waals surface area contributed by atoms with Crippen molar-refractivity contribution in [1.29, 1.82) is 0 Å². The molecule has 13 heteroatoms. The maximum absolute atomic E-state index is 13.6. The average Bonchev–Trinajstić information content (AvgIpc) is 3.36. The number of hydrogen-bond acceptors (Lipinski definition) is 4. The summed E-state index contributed by atoms with van der Waals surface area (Å²) in [5, 5.41) is 3.78. The summed E-state index contributed by atoms with van der Waals surface area (Å²) in [7, 11) is 0. The molecular weight excluding hydrogens is 576 g/mol. The topological polar surface area (TPSA) is 71.7 Å². The summed E-state index contributed by atoms with van der Waals surface area (Å²) < 4.78 is 81.1. The minimum absolute atomic E-state index is 0.0109. The van der Waals surface area contributed by atoms with Crippen molar-refractivity contribution in [3.05, 3.63) is 70.9 Å². The molecule has 3 aromatic rings. The SMILES string of the molecule is CCN(CC)CCNC(=O)CN1CCN(C(=O)c2cc(C(F)(F)F)cc(C(F)(F)F)c2)[C@H](Cc2c[nH]c3ccccc23)C1. The molecule has 1 saturated heterocycles. The van der Waals surface area contributed by atoms with E-state index in [1.54, 1.807) is 6.20 Å². The Morgan fingerprint density at radius 2 is 1.63 bits per heavy atom. The highest BCUT2D eigenvalue weighted by Crippen LogP contribution is 2.37. The number of aromatic nitrogens is 1. The Labute approximate surface area is 245 Å². The molecule has 1 atom stereocenters. The minimum atomic E-state index is -5.07. The molecule has 0 radical (unpaired) electrons. The Hall–Kier alpha value is -3.58. The molecule has 1 aliphatic rings. The number of rotatable bonds is 10. The second-order valence-corrected chi connectivity index (χ2v) is 10.6. The van der Waals surface area contributed by atoms with Crippen LogP contribution in [0.5, 0.6) is 0 Å². The smallest absolute Gasteiger partial charge is 0.361 e. The first-order valence-corrected chi connectivity index (χ1v) is 14.2. The summed E-state index contributed by atoms with van der Waals surface area (Å²) in [6.07, 6.45) is -8.09. The van der Waals surface area contributed by atoms with Gasteiger partial charge in [0.1, 0.15) is 0 Å². The molecule has 0 saturated carbocycles. The zero-order valence-corrected chi connectivity index (χ0v) is 24.0. The first-order chi connectivity index (χ1) is 20.3. The van der Waals surface area contributed by atoms with Crippen molar-refractivity contribution in [3.8, 4) is 0 Å². The van der Waals surface area contributed by atoms with Crippen molar-refractivity contribution in [2.75, 3.05) is 52.4 Å². The third-order valence-electron chi connectivity index (χ3n) is 7.80. The van der Waals surface area contributed by atoms with Crippen molar-refractivity contribution in [2.24, 2.45) is 0 Å². The van der Waals surface area contributed by atoms with E-state index < -0.39 is 41.0 Å². The lowest BCUT2D eigenvalue weighted by Crippen LogP contribution is -2.57. The number of H-pyrrole nitrogens is 1. The molecule has 2 heterocycles. The lowest BCUT2D eigenvalue weighted by atomic mass is 9.98. The number of alkyl halides is 6. The van der Waals surface area contributed by atoms with Crippen LogP contribution in [0.25, 0.3) is 10.9 Å². The lowest BCUT2D eigenvalue weighted by Gasteiger charge is -2.41. The van der Waals surface area contributed by atoms with Gasteiger partial charge >= 0.3 is 12.4 Å². The van der Waals surface area contributed by atoms with Crippen molar-refractivity contribution < 1.29 is 35.9 Å². The number of amides is 2. The van der Waals surface area contributed by atoms with E-state index in [-0.39, 0.29) is 44.6 Å². The third kappa shape index (κ3) is 8.08. The number of carbonyl (C=O) groups excluding carboxylic acids is 2.